The van der Waals surface area contributed by atoms with Crippen molar-refractivity contribution in [1.29, 1.82) is 0 Å². The predicted molar refractivity (Wildman–Crippen MR) is 69.7 cm³/mol. The molecule has 2 rings (SSSR count). The second-order valence-electron chi connectivity index (χ2n) is 5.06. The highest BCUT2D eigenvalue weighted by atomic mass is 16.5. The molecule has 1 aliphatic rings. The molecule has 1 aromatic rings. The highest BCUT2D eigenvalue weighted by Crippen LogP contribution is 2.21. The number of hydrogen-bond donors (Lipinski definition) is 1. The Kier molecular flexibility index (Phi) is 4.79. The van der Waals surface area contributed by atoms with Gasteiger partial charge in [-0.2, -0.15) is 0 Å². The van der Waals surface area contributed by atoms with Crippen LogP contribution in [0.2, 0.25) is 0 Å². The largest absolute Gasteiger partial charge is 0.469 e. The van der Waals surface area contributed by atoms with Gasteiger partial charge in [0.2, 0.25) is 5.91 Å². The van der Waals surface area contributed by atoms with Gasteiger partial charge in [-0.1, -0.05) is 0 Å². The van der Waals surface area contributed by atoms with Crippen LogP contribution in [0.1, 0.15) is 12.2 Å². The van der Waals surface area contributed by atoms with Gasteiger partial charge in [-0.15, -0.1) is 0 Å². The summed E-state index contributed by atoms with van der Waals surface area (Å²) >= 11 is 0. The molecular formula is C14H19NO5. The van der Waals surface area contributed by atoms with E-state index in [1.54, 1.807) is 17.2 Å². The van der Waals surface area contributed by atoms with Crippen LogP contribution >= 0.6 is 0 Å². The van der Waals surface area contributed by atoms with Crippen LogP contribution in [-0.2, 0) is 20.7 Å². The lowest BCUT2D eigenvalue weighted by Crippen LogP contribution is -2.34. The summed E-state index contributed by atoms with van der Waals surface area (Å²) in [6.45, 7) is 0.747. The molecule has 0 radical (unpaired) electrons. The molecule has 0 bridgehead atoms. The van der Waals surface area contributed by atoms with Crippen LogP contribution in [0.5, 0.6) is 0 Å². The number of methoxy groups -OCH3 is 1. The molecule has 2 unspecified atom stereocenters. The average Bonchev–Trinajstić information content (AvgIpc) is 3.07. The maximum Gasteiger partial charge on any atom is 0.310 e. The molecule has 1 saturated heterocycles. The van der Waals surface area contributed by atoms with Gasteiger partial charge < -0.3 is 19.2 Å². The second kappa shape index (κ2) is 6.56. The molecule has 20 heavy (non-hydrogen) atoms. The number of nitrogens with zero attached hydrogens (tertiary/aromatic N) is 1. The van der Waals surface area contributed by atoms with E-state index in [4.69, 9.17) is 4.42 Å². The molecule has 0 aromatic carbocycles. The lowest BCUT2D eigenvalue weighted by Gasteiger charge is -2.22. The number of carbonyl (C=O) groups excluding carboxylic acids is 2. The Morgan fingerprint density at radius 2 is 2.45 bits per heavy atom. The van der Waals surface area contributed by atoms with E-state index < -0.39 is 5.92 Å². The lowest BCUT2D eigenvalue weighted by atomic mass is 10.0. The number of rotatable bonds is 6. The van der Waals surface area contributed by atoms with Gasteiger partial charge in [-0.25, -0.2) is 0 Å². The number of aliphatic hydroxyl groups is 1. The summed E-state index contributed by atoms with van der Waals surface area (Å²) in [5.74, 6) is -0.136. The lowest BCUT2D eigenvalue weighted by molar-refractivity contribution is -0.145. The fourth-order valence-corrected chi connectivity index (χ4v) is 2.48. The molecule has 1 N–H and O–H groups in total. The highest BCUT2D eigenvalue weighted by molar-refractivity contribution is 5.86. The van der Waals surface area contributed by atoms with E-state index in [0.29, 0.717) is 19.5 Å². The Hall–Kier alpha value is -1.82. The molecule has 6 nitrogen and oxygen atoms in total. The predicted octanol–water partition coefficient (Wildman–Crippen LogP) is 0.452. The summed E-state index contributed by atoms with van der Waals surface area (Å²) in [7, 11) is 1.32. The Balaban J connectivity index is 1.91. The van der Waals surface area contributed by atoms with Crippen molar-refractivity contribution in [2.45, 2.75) is 12.8 Å². The maximum absolute atomic E-state index is 11.9. The third-order valence-corrected chi connectivity index (χ3v) is 3.56. The van der Waals surface area contributed by atoms with E-state index in [2.05, 4.69) is 4.74 Å². The molecule has 6 heteroatoms. The van der Waals surface area contributed by atoms with Gasteiger partial charge in [0.1, 0.15) is 5.76 Å². The summed E-state index contributed by atoms with van der Waals surface area (Å²) in [5, 5.41) is 9.42. The van der Waals surface area contributed by atoms with Crippen molar-refractivity contribution in [1.82, 2.24) is 4.90 Å². The van der Waals surface area contributed by atoms with E-state index in [9.17, 15) is 14.7 Å². The minimum atomic E-state index is -0.393. The fraction of sp³-hybridized carbons (Fsp3) is 0.571. The van der Waals surface area contributed by atoms with Gasteiger partial charge in [0.05, 0.1) is 19.3 Å². The van der Waals surface area contributed by atoms with Gasteiger partial charge in [-0.05, 0) is 12.1 Å². The van der Waals surface area contributed by atoms with E-state index in [1.165, 1.54) is 7.11 Å². The number of hydrogen-bond acceptors (Lipinski definition) is 5. The molecule has 110 valence electrons. The third kappa shape index (κ3) is 3.39. The standard InChI is InChI=1S/C14H19NO5/c1-19-14(18)11-6-13(17)15(8-11)7-10(9-16)5-12-3-2-4-20-12/h2-4,10-11,16H,5-9H2,1H3. The van der Waals surface area contributed by atoms with Crippen LogP contribution in [-0.4, -0.2) is 48.7 Å². The Labute approximate surface area is 117 Å². The first-order valence-electron chi connectivity index (χ1n) is 6.63. The number of likely N-dealkylation sites (tertiary alicyclic amines) is 1. The van der Waals surface area contributed by atoms with Crippen molar-refractivity contribution in [3.63, 3.8) is 0 Å². The topological polar surface area (TPSA) is 80.0 Å². The summed E-state index contributed by atoms with van der Waals surface area (Å²) in [4.78, 5) is 24.9. The van der Waals surface area contributed by atoms with Crippen molar-refractivity contribution in [3.05, 3.63) is 24.2 Å². The van der Waals surface area contributed by atoms with Gasteiger partial charge in [0.25, 0.3) is 0 Å². The first-order valence-corrected chi connectivity index (χ1v) is 6.63. The van der Waals surface area contributed by atoms with Gasteiger partial charge >= 0.3 is 5.97 Å². The van der Waals surface area contributed by atoms with E-state index >= 15 is 0 Å². The molecule has 2 heterocycles. The van der Waals surface area contributed by atoms with Crippen molar-refractivity contribution in [3.8, 4) is 0 Å². The highest BCUT2D eigenvalue weighted by Gasteiger charge is 2.35. The Bertz CT molecular complexity index is 456. The minimum absolute atomic E-state index is 0.0344. The molecular weight excluding hydrogens is 262 g/mol. The summed E-state index contributed by atoms with van der Waals surface area (Å²) in [6, 6.07) is 3.63. The second-order valence-corrected chi connectivity index (χ2v) is 5.06. The zero-order chi connectivity index (χ0) is 14.5. The zero-order valence-electron chi connectivity index (χ0n) is 11.4. The van der Waals surface area contributed by atoms with Crippen LogP contribution in [0.4, 0.5) is 0 Å². The van der Waals surface area contributed by atoms with E-state index in [1.807, 2.05) is 6.07 Å². The van der Waals surface area contributed by atoms with E-state index in [0.717, 1.165) is 5.76 Å². The monoisotopic (exact) mass is 281 g/mol. The number of furan rings is 1. The number of esters is 1. The zero-order valence-corrected chi connectivity index (χ0v) is 11.4. The fourth-order valence-electron chi connectivity index (χ4n) is 2.48. The summed E-state index contributed by atoms with van der Waals surface area (Å²) in [6.07, 6.45) is 2.33. The first kappa shape index (κ1) is 14.6. The Morgan fingerprint density at radius 3 is 3.05 bits per heavy atom. The molecule has 1 fully saturated rings. The van der Waals surface area contributed by atoms with Crippen molar-refractivity contribution < 1.29 is 23.8 Å². The maximum atomic E-state index is 11.9. The number of carbonyl (C=O) groups is 2. The first-order chi connectivity index (χ1) is 9.63. The number of amides is 1. The van der Waals surface area contributed by atoms with Crippen LogP contribution in [0.25, 0.3) is 0 Å². The third-order valence-electron chi connectivity index (χ3n) is 3.56. The number of aliphatic hydroxyl groups excluding tert-OH is 1. The summed E-state index contributed by atoms with van der Waals surface area (Å²) < 4.78 is 9.91. The van der Waals surface area contributed by atoms with Crippen molar-refractivity contribution >= 4 is 11.9 Å². The van der Waals surface area contributed by atoms with Crippen LogP contribution in [0.3, 0.4) is 0 Å². The summed E-state index contributed by atoms with van der Waals surface area (Å²) in [5.41, 5.74) is 0. The van der Waals surface area contributed by atoms with Crippen LogP contribution < -0.4 is 0 Å². The van der Waals surface area contributed by atoms with Crippen molar-refractivity contribution in [2.75, 3.05) is 26.8 Å². The molecule has 2 atom stereocenters. The SMILES string of the molecule is COC(=O)C1CC(=O)N(CC(CO)Cc2ccco2)C1. The van der Waals surface area contributed by atoms with E-state index in [-0.39, 0.29) is 30.8 Å². The molecule has 0 aliphatic carbocycles. The normalized spacial score (nSPS) is 20.2. The molecule has 1 aromatic heterocycles. The van der Waals surface area contributed by atoms with Gasteiger partial charge in [0.15, 0.2) is 0 Å². The molecule has 0 saturated carbocycles. The minimum Gasteiger partial charge on any atom is -0.469 e. The molecule has 1 aliphatic heterocycles. The smallest absolute Gasteiger partial charge is 0.310 e. The Morgan fingerprint density at radius 1 is 1.65 bits per heavy atom. The number of ether oxygens (including phenoxy) is 1. The van der Waals surface area contributed by atoms with Gasteiger partial charge in [-0.3, -0.25) is 9.59 Å². The van der Waals surface area contributed by atoms with Crippen LogP contribution in [0.15, 0.2) is 22.8 Å². The average molecular weight is 281 g/mol. The van der Waals surface area contributed by atoms with Crippen LogP contribution in [0, 0.1) is 11.8 Å². The quantitative estimate of drug-likeness (QED) is 0.766. The molecule has 1 amide bonds. The van der Waals surface area contributed by atoms with Gasteiger partial charge in [0, 0.05) is 38.5 Å². The molecule has 0 spiro atoms. The van der Waals surface area contributed by atoms with Crippen molar-refractivity contribution in [2.24, 2.45) is 11.8 Å².